The van der Waals surface area contributed by atoms with E-state index in [1.54, 1.807) is 0 Å². The molecule has 158 valence electrons. The van der Waals surface area contributed by atoms with E-state index in [9.17, 15) is 22.8 Å². The van der Waals surface area contributed by atoms with Crippen LogP contribution in [0.1, 0.15) is 11.1 Å². The number of nitriles is 1. The lowest BCUT2D eigenvalue weighted by Gasteiger charge is -2.17. The highest BCUT2D eigenvalue weighted by Crippen LogP contribution is 2.36. The van der Waals surface area contributed by atoms with E-state index in [1.165, 1.54) is 36.2 Å². The van der Waals surface area contributed by atoms with Crippen LogP contribution < -0.4 is 10.6 Å². The highest BCUT2D eigenvalue weighted by molar-refractivity contribution is 6.32. The molecule has 6 nitrogen and oxygen atoms in total. The van der Waals surface area contributed by atoms with Crippen molar-refractivity contribution >= 4 is 46.4 Å². The zero-order chi connectivity index (χ0) is 22.5. The van der Waals surface area contributed by atoms with Gasteiger partial charge in [-0.25, -0.2) is 0 Å². The van der Waals surface area contributed by atoms with Crippen LogP contribution in [0.3, 0.4) is 0 Å². The summed E-state index contributed by atoms with van der Waals surface area (Å²) in [5.41, 5.74) is -0.486. The summed E-state index contributed by atoms with van der Waals surface area (Å²) >= 11 is 11.4. The molecule has 2 aromatic rings. The van der Waals surface area contributed by atoms with Crippen LogP contribution in [0.2, 0.25) is 10.0 Å². The Labute approximate surface area is 180 Å². The smallest absolute Gasteiger partial charge is 0.325 e. The average molecular weight is 459 g/mol. The predicted molar refractivity (Wildman–Crippen MR) is 107 cm³/mol. The van der Waals surface area contributed by atoms with Crippen LogP contribution >= 0.6 is 23.2 Å². The molecule has 2 amide bonds. The van der Waals surface area contributed by atoms with Crippen molar-refractivity contribution in [2.75, 3.05) is 30.8 Å². The van der Waals surface area contributed by atoms with E-state index in [-0.39, 0.29) is 29.4 Å². The van der Waals surface area contributed by atoms with Crippen molar-refractivity contribution in [3.63, 3.8) is 0 Å². The van der Waals surface area contributed by atoms with Crippen molar-refractivity contribution in [3.05, 3.63) is 57.6 Å². The van der Waals surface area contributed by atoms with Crippen molar-refractivity contribution in [2.24, 2.45) is 0 Å². The summed E-state index contributed by atoms with van der Waals surface area (Å²) in [6.07, 6.45) is -4.65. The molecule has 0 bridgehead atoms. The van der Waals surface area contributed by atoms with Crippen LogP contribution in [0.4, 0.5) is 24.5 Å². The molecule has 30 heavy (non-hydrogen) atoms. The van der Waals surface area contributed by atoms with Gasteiger partial charge < -0.3 is 10.6 Å². The molecule has 0 atom stereocenters. The fraction of sp³-hybridized carbons (Fsp3) is 0.211. The van der Waals surface area contributed by atoms with Crippen LogP contribution in [-0.2, 0) is 15.8 Å². The normalized spacial score (nSPS) is 11.1. The number of halogens is 5. The molecule has 0 saturated carbocycles. The Balaban J connectivity index is 1.91. The van der Waals surface area contributed by atoms with Crippen LogP contribution in [0.5, 0.6) is 0 Å². The van der Waals surface area contributed by atoms with Gasteiger partial charge in [0.15, 0.2) is 0 Å². The van der Waals surface area contributed by atoms with Gasteiger partial charge in [-0.15, -0.1) is 0 Å². The highest BCUT2D eigenvalue weighted by Gasteiger charge is 2.33. The van der Waals surface area contributed by atoms with E-state index < -0.39 is 28.6 Å². The van der Waals surface area contributed by atoms with E-state index in [2.05, 4.69) is 10.6 Å². The predicted octanol–water partition coefficient (Wildman–Crippen LogP) is 4.39. The molecule has 2 N–H and O–H groups in total. The highest BCUT2D eigenvalue weighted by atomic mass is 35.5. The minimum Gasteiger partial charge on any atom is -0.325 e. The van der Waals surface area contributed by atoms with Crippen molar-refractivity contribution < 1.29 is 22.8 Å². The number of amides is 2. The molecule has 0 heterocycles. The molecular formula is C19H15Cl2F3N4O2. The first-order valence-electron chi connectivity index (χ1n) is 8.34. The third kappa shape index (κ3) is 6.62. The second-order valence-corrected chi connectivity index (χ2v) is 7.08. The molecule has 0 aliphatic rings. The second-order valence-electron chi connectivity index (χ2n) is 6.27. The summed E-state index contributed by atoms with van der Waals surface area (Å²) in [4.78, 5) is 25.5. The monoisotopic (exact) mass is 458 g/mol. The minimum atomic E-state index is -4.65. The second kappa shape index (κ2) is 9.80. The number of likely N-dealkylation sites (N-methyl/N-ethyl adjacent to an activating group) is 1. The summed E-state index contributed by atoms with van der Waals surface area (Å²) in [5.74, 6) is -1.06. The molecule has 0 saturated heterocycles. The maximum Gasteiger partial charge on any atom is 0.417 e. The van der Waals surface area contributed by atoms with Gasteiger partial charge in [0.25, 0.3) is 0 Å². The summed E-state index contributed by atoms with van der Waals surface area (Å²) in [5, 5.41) is 13.5. The number of benzene rings is 2. The zero-order valence-corrected chi connectivity index (χ0v) is 17.0. The number of hydrogen-bond donors (Lipinski definition) is 2. The SMILES string of the molecule is CN(CC(=O)Nc1ccc(C#N)c(Cl)c1)CC(=O)Nc1ccc(Cl)c(C(F)(F)F)c1. The van der Waals surface area contributed by atoms with Gasteiger partial charge in [0.1, 0.15) is 6.07 Å². The van der Waals surface area contributed by atoms with Gasteiger partial charge in [0.2, 0.25) is 11.8 Å². The van der Waals surface area contributed by atoms with E-state index >= 15 is 0 Å². The Hall–Kier alpha value is -2.80. The van der Waals surface area contributed by atoms with Gasteiger partial charge in [0.05, 0.1) is 34.3 Å². The number of nitrogens with one attached hydrogen (secondary N) is 2. The minimum absolute atomic E-state index is 0.0678. The number of anilines is 2. The number of hydrogen-bond acceptors (Lipinski definition) is 4. The molecule has 0 radical (unpaired) electrons. The fourth-order valence-electron chi connectivity index (χ4n) is 2.45. The van der Waals surface area contributed by atoms with Gasteiger partial charge in [-0.1, -0.05) is 23.2 Å². The lowest BCUT2D eigenvalue weighted by atomic mass is 10.2. The van der Waals surface area contributed by atoms with Crippen molar-refractivity contribution in [2.45, 2.75) is 6.18 Å². The molecule has 0 spiro atoms. The maximum absolute atomic E-state index is 12.9. The number of rotatable bonds is 6. The standard InChI is InChI=1S/C19H15Cl2F3N4O2/c1-28(10-18(30)27-13-3-2-11(8-25)16(21)7-13)9-17(29)26-12-4-5-15(20)14(6-12)19(22,23)24/h2-7H,9-10H2,1H3,(H,26,29)(H,27,30). The first-order chi connectivity index (χ1) is 14.0. The number of carbonyl (C=O) groups is 2. The molecule has 11 heteroatoms. The van der Waals surface area contributed by atoms with Crippen molar-refractivity contribution in [3.8, 4) is 6.07 Å². The first kappa shape index (κ1) is 23.5. The Morgan fingerprint density at radius 2 is 1.53 bits per heavy atom. The largest absolute Gasteiger partial charge is 0.417 e. The molecule has 0 unspecified atom stereocenters. The topological polar surface area (TPSA) is 85.2 Å². The van der Waals surface area contributed by atoms with E-state index in [1.807, 2.05) is 6.07 Å². The molecule has 0 aliphatic carbocycles. The molecular weight excluding hydrogens is 444 g/mol. The van der Waals surface area contributed by atoms with Crippen LogP contribution in [0.15, 0.2) is 36.4 Å². The Kier molecular flexibility index (Phi) is 7.67. The number of nitrogens with zero attached hydrogens (tertiary/aromatic N) is 2. The molecule has 2 rings (SSSR count). The van der Waals surface area contributed by atoms with Gasteiger partial charge in [0, 0.05) is 11.4 Å². The average Bonchev–Trinajstić information content (AvgIpc) is 2.62. The third-order valence-corrected chi connectivity index (χ3v) is 4.40. The Morgan fingerprint density at radius 1 is 1.00 bits per heavy atom. The summed E-state index contributed by atoms with van der Waals surface area (Å²) in [6.45, 7) is -0.412. The fourth-order valence-corrected chi connectivity index (χ4v) is 2.90. The maximum atomic E-state index is 12.9. The molecule has 0 aliphatic heterocycles. The van der Waals surface area contributed by atoms with Gasteiger partial charge >= 0.3 is 6.18 Å². The van der Waals surface area contributed by atoms with Gasteiger partial charge in [-0.05, 0) is 43.4 Å². The van der Waals surface area contributed by atoms with E-state index in [4.69, 9.17) is 28.5 Å². The lowest BCUT2D eigenvalue weighted by molar-refractivity contribution is -0.137. The molecule has 0 fully saturated rings. The van der Waals surface area contributed by atoms with Crippen LogP contribution in [0.25, 0.3) is 0 Å². The van der Waals surface area contributed by atoms with Gasteiger partial charge in [-0.3, -0.25) is 14.5 Å². The van der Waals surface area contributed by atoms with Crippen LogP contribution in [-0.4, -0.2) is 36.9 Å². The Bertz CT molecular complexity index is 1010. The molecule has 0 aromatic heterocycles. The zero-order valence-electron chi connectivity index (χ0n) is 15.5. The lowest BCUT2D eigenvalue weighted by Crippen LogP contribution is -2.36. The van der Waals surface area contributed by atoms with Crippen LogP contribution in [0, 0.1) is 11.3 Å². The quantitative estimate of drug-likeness (QED) is 0.671. The number of carbonyl (C=O) groups excluding carboxylic acids is 2. The first-order valence-corrected chi connectivity index (χ1v) is 9.10. The van der Waals surface area contributed by atoms with Crippen molar-refractivity contribution in [1.29, 1.82) is 5.26 Å². The van der Waals surface area contributed by atoms with Gasteiger partial charge in [-0.2, -0.15) is 18.4 Å². The summed E-state index contributed by atoms with van der Waals surface area (Å²) in [7, 11) is 1.49. The third-order valence-electron chi connectivity index (χ3n) is 3.76. The summed E-state index contributed by atoms with van der Waals surface area (Å²) < 4.78 is 38.7. The summed E-state index contributed by atoms with van der Waals surface area (Å²) in [6, 6.07) is 9.31. The Morgan fingerprint density at radius 3 is 2.03 bits per heavy atom. The molecule has 2 aromatic carbocycles. The van der Waals surface area contributed by atoms with E-state index in [0.717, 1.165) is 12.1 Å². The van der Waals surface area contributed by atoms with E-state index in [0.29, 0.717) is 5.69 Å². The number of alkyl halides is 3. The van der Waals surface area contributed by atoms with Crippen molar-refractivity contribution in [1.82, 2.24) is 4.90 Å².